The van der Waals surface area contributed by atoms with Crippen molar-refractivity contribution < 1.29 is 9.84 Å². The summed E-state index contributed by atoms with van der Waals surface area (Å²) in [6.45, 7) is 3.89. The largest absolute Gasteiger partial charge is 0.497 e. The molecule has 0 atom stereocenters. The van der Waals surface area contributed by atoms with Crippen LogP contribution < -0.4 is 9.64 Å². The van der Waals surface area contributed by atoms with Crippen molar-refractivity contribution >= 4 is 34.3 Å². The molecule has 2 fully saturated rings. The van der Waals surface area contributed by atoms with Crippen LogP contribution in [0.4, 0.5) is 11.6 Å². The molecule has 1 N–H and O–H groups in total. The first-order chi connectivity index (χ1) is 15.0. The van der Waals surface area contributed by atoms with E-state index in [1.807, 2.05) is 12.1 Å². The van der Waals surface area contributed by atoms with E-state index in [-0.39, 0.29) is 0 Å². The summed E-state index contributed by atoms with van der Waals surface area (Å²) in [5.74, 6) is 2.49. The van der Waals surface area contributed by atoms with E-state index in [9.17, 15) is 5.11 Å². The van der Waals surface area contributed by atoms with Gasteiger partial charge in [-0.15, -0.1) is 0 Å². The van der Waals surface area contributed by atoms with Gasteiger partial charge in [-0.3, -0.25) is 0 Å². The van der Waals surface area contributed by atoms with E-state index in [0.717, 1.165) is 84.7 Å². The number of benzene rings is 2. The fourth-order valence-electron chi connectivity index (χ4n) is 5.53. The van der Waals surface area contributed by atoms with Crippen LogP contribution >= 0.6 is 11.6 Å². The maximum Gasteiger partial charge on any atom is 0.211 e. The molecule has 2 heterocycles. The van der Waals surface area contributed by atoms with Crippen molar-refractivity contribution in [3.8, 4) is 5.75 Å². The molecule has 0 spiro atoms. The number of hydrogen-bond donors (Lipinski definition) is 1. The first-order valence-corrected chi connectivity index (χ1v) is 11.7. The Kier molecular flexibility index (Phi) is 4.31. The van der Waals surface area contributed by atoms with Gasteiger partial charge in [-0.2, -0.15) is 0 Å². The third-order valence-corrected chi connectivity index (χ3v) is 7.66. The Morgan fingerprint density at radius 3 is 2.48 bits per heavy atom. The Morgan fingerprint density at radius 1 is 1.10 bits per heavy atom. The molecule has 0 amide bonds. The Balaban J connectivity index is 1.55. The minimum absolute atomic E-state index is 0.360. The average Bonchev–Trinajstić information content (AvgIpc) is 3.69. The van der Waals surface area contributed by atoms with E-state index in [1.54, 1.807) is 7.11 Å². The molecule has 2 aliphatic carbocycles. The monoisotopic (exact) mass is 437 g/mol. The summed E-state index contributed by atoms with van der Waals surface area (Å²) in [6, 6.07) is 10.2. The smallest absolute Gasteiger partial charge is 0.211 e. The summed E-state index contributed by atoms with van der Waals surface area (Å²) < 4.78 is 7.69. The van der Waals surface area contributed by atoms with Crippen LogP contribution in [-0.2, 0) is 12.1 Å². The van der Waals surface area contributed by atoms with Crippen LogP contribution in [0.2, 0.25) is 5.02 Å². The molecule has 0 unspecified atom stereocenters. The molecule has 6 heteroatoms. The number of nitrogens with zero attached hydrogens (tertiary/aromatic N) is 3. The van der Waals surface area contributed by atoms with Crippen LogP contribution in [0.3, 0.4) is 0 Å². The van der Waals surface area contributed by atoms with E-state index in [0.29, 0.717) is 16.9 Å². The quantitative estimate of drug-likeness (QED) is 0.568. The molecule has 5 nitrogen and oxygen atoms in total. The number of halogens is 1. The maximum absolute atomic E-state index is 11.9. The summed E-state index contributed by atoms with van der Waals surface area (Å²) in [5, 5.41) is 12.6. The second-order valence-electron chi connectivity index (χ2n) is 9.39. The van der Waals surface area contributed by atoms with Crippen molar-refractivity contribution in [3.05, 3.63) is 46.5 Å². The zero-order valence-electron chi connectivity index (χ0n) is 18.1. The molecule has 1 aliphatic heterocycles. The summed E-state index contributed by atoms with van der Waals surface area (Å²) in [6.07, 6.45) is 5.44. The van der Waals surface area contributed by atoms with E-state index < -0.39 is 5.60 Å². The van der Waals surface area contributed by atoms with E-state index in [2.05, 4.69) is 34.6 Å². The third-order valence-electron chi connectivity index (χ3n) is 7.36. The molecule has 0 bridgehead atoms. The Hall–Kier alpha value is -2.24. The Labute approximate surface area is 187 Å². The van der Waals surface area contributed by atoms with Crippen LogP contribution in [0.25, 0.3) is 11.0 Å². The van der Waals surface area contributed by atoms with Crippen LogP contribution in [0.1, 0.15) is 43.2 Å². The van der Waals surface area contributed by atoms with Crippen molar-refractivity contribution in [1.82, 2.24) is 9.55 Å². The lowest BCUT2D eigenvalue weighted by Gasteiger charge is -2.33. The minimum atomic E-state index is -0.752. The second kappa shape index (κ2) is 6.88. The number of aromatic nitrogens is 2. The lowest BCUT2D eigenvalue weighted by atomic mass is 9.83. The topological polar surface area (TPSA) is 50.5 Å². The average molecular weight is 438 g/mol. The number of anilines is 2. The number of rotatable bonds is 5. The van der Waals surface area contributed by atoms with Gasteiger partial charge < -0.3 is 19.3 Å². The van der Waals surface area contributed by atoms with Gasteiger partial charge in [0.05, 0.1) is 23.3 Å². The highest BCUT2D eigenvalue weighted by molar-refractivity contribution is 6.35. The summed E-state index contributed by atoms with van der Waals surface area (Å²) in [4.78, 5) is 7.33. The van der Waals surface area contributed by atoms with Crippen LogP contribution in [-0.4, -0.2) is 28.3 Å². The van der Waals surface area contributed by atoms with Crippen molar-refractivity contribution in [2.75, 3.05) is 18.6 Å². The number of hydrogen-bond acceptors (Lipinski definition) is 4. The van der Waals surface area contributed by atoms with Crippen LogP contribution in [0.5, 0.6) is 5.75 Å². The molecule has 1 aromatic heterocycles. The van der Waals surface area contributed by atoms with Gasteiger partial charge >= 0.3 is 0 Å². The standard InChI is InChI=1S/C25H28ClN3O2/c1-15-14-18(31-2)8-11-21(15)28-12-3-13-29-23-19(9-10-20(26)22(23)27-24(28)29)25(30,16-4-5-16)17-6-7-17/h8-11,14,16-17,30H,3-7,12-13H2,1-2H3. The van der Waals surface area contributed by atoms with E-state index in [1.165, 1.54) is 0 Å². The highest BCUT2D eigenvalue weighted by atomic mass is 35.5. The molecule has 6 rings (SSSR count). The van der Waals surface area contributed by atoms with Gasteiger partial charge in [-0.05, 0) is 80.7 Å². The highest BCUT2D eigenvalue weighted by Crippen LogP contribution is 2.59. The fraction of sp³-hybridized carbons (Fsp3) is 0.480. The van der Waals surface area contributed by atoms with Gasteiger partial charge in [0.2, 0.25) is 5.95 Å². The summed E-state index contributed by atoms with van der Waals surface area (Å²) >= 11 is 6.66. The number of imidazole rings is 1. The number of aliphatic hydroxyl groups is 1. The Morgan fingerprint density at radius 2 is 1.84 bits per heavy atom. The predicted octanol–water partition coefficient (Wildman–Crippen LogP) is 5.56. The Bertz CT molecular complexity index is 1170. The highest BCUT2D eigenvalue weighted by Gasteiger charge is 2.55. The van der Waals surface area contributed by atoms with Crippen LogP contribution in [0.15, 0.2) is 30.3 Å². The van der Waals surface area contributed by atoms with Gasteiger partial charge in [-0.25, -0.2) is 4.98 Å². The minimum Gasteiger partial charge on any atom is -0.497 e. The van der Waals surface area contributed by atoms with Gasteiger partial charge in [-0.1, -0.05) is 17.7 Å². The van der Waals surface area contributed by atoms with Gasteiger partial charge in [0.25, 0.3) is 0 Å². The molecule has 0 saturated heterocycles. The van der Waals surface area contributed by atoms with Crippen molar-refractivity contribution in [2.45, 2.75) is 51.2 Å². The number of fused-ring (bicyclic) bond motifs is 3. The molecule has 3 aromatic rings. The fourth-order valence-corrected chi connectivity index (χ4v) is 5.72. The second-order valence-corrected chi connectivity index (χ2v) is 9.79. The maximum atomic E-state index is 11.9. The van der Waals surface area contributed by atoms with Crippen LogP contribution in [0, 0.1) is 18.8 Å². The van der Waals surface area contributed by atoms with E-state index >= 15 is 0 Å². The predicted molar refractivity (Wildman–Crippen MR) is 123 cm³/mol. The van der Waals surface area contributed by atoms with Crippen molar-refractivity contribution in [1.29, 1.82) is 0 Å². The molecular weight excluding hydrogens is 410 g/mol. The number of aryl methyl sites for hydroxylation is 2. The molecular formula is C25H28ClN3O2. The normalized spacial score (nSPS) is 19.0. The summed E-state index contributed by atoms with van der Waals surface area (Å²) in [5.41, 5.74) is 4.40. The van der Waals surface area contributed by atoms with Gasteiger partial charge in [0, 0.05) is 24.3 Å². The molecule has 2 aromatic carbocycles. The zero-order valence-corrected chi connectivity index (χ0v) is 18.8. The first-order valence-electron chi connectivity index (χ1n) is 11.4. The van der Waals surface area contributed by atoms with Crippen molar-refractivity contribution in [3.63, 3.8) is 0 Å². The number of methoxy groups -OCH3 is 1. The SMILES string of the molecule is COc1ccc(N2CCCn3c2nc2c(Cl)ccc(C(O)(C4CC4)C4CC4)c23)c(C)c1. The lowest BCUT2D eigenvalue weighted by molar-refractivity contribution is -0.00907. The van der Waals surface area contributed by atoms with E-state index in [4.69, 9.17) is 21.3 Å². The zero-order chi connectivity index (χ0) is 21.3. The molecule has 0 radical (unpaired) electrons. The first kappa shape index (κ1) is 19.4. The molecule has 31 heavy (non-hydrogen) atoms. The number of ether oxygens (including phenoxy) is 1. The molecule has 2 saturated carbocycles. The molecule has 162 valence electrons. The molecule has 3 aliphatic rings. The lowest BCUT2D eigenvalue weighted by Crippen LogP contribution is -2.33. The van der Waals surface area contributed by atoms with Gasteiger partial charge in [0.15, 0.2) is 0 Å². The van der Waals surface area contributed by atoms with Gasteiger partial charge in [0.1, 0.15) is 11.3 Å². The van der Waals surface area contributed by atoms with Crippen molar-refractivity contribution in [2.24, 2.45) is 11.8 Å². The third kappa shape index (κ3) is 2.90. The summed E-state index contributed by atoms with van der Waals surface area (Å²) in [7, 11) is 1.69.